The quantitative estimate of drug-likeness (QED) is 0.190. The number of methoxy groups -OCH3 is 1. The zero-order valence-corrected chi connectivity index (χ0v) is 19.8. The fourth-order valence-electron chi connectivity index (χ4n) is 4.32. The van der Waals surface area contributed by atoms with Gasteiger partial charge in [-0.2, -0.15) is 0 Å². The van der Waals surface area contributed by atoms with E-state index < -0.39 is 52.2 Å². The Morgan fingerprint density at radius 1 is 1.17 bits per heavy atom. The number of phenolic OH excluding ortho intramolecular Hbond substituents is 2. The van der Waals surface area contributed by atoms with Crippen molar-refractivity contribution in [3.63, 3.8) is 0 Å². The monoisotopic (exact) mass is 487 g/mol. The van der Waals surface area contributed by atoms with Crippen LogP contribution < -0.4 is 10.1 Å². The molecule has 0 aromatic heterocycles. The molecule has 2 atom stereocenters. The topological polar surface area (TPSA) is 177 Å². The Kier molecular flexibility index (Phi) is 6.47. The minimum Gasteiger partial charge on any atom is -0.507 e. The van der Waals surface area contributed by atoms with Gasteiger partial charge in [0.05, 0.1) is 18.2 Å². The van der Waals surface area contributed by atoms with E-state index in [1.807, 2.05) is 0 Å². The van der Waals surface area contributed by atoms with Gasteiger partial charge in [-0.05, 0) is 34.1 Å². The van der Waals surface area contributed by atoms with Crippen LogP contribution in [-0.2, 0) is 29.3 Å². The molecule has 35 heavy (non-hydrogen) atoms. The molecule has 11 nitrogen and oxygen atoms in total. The fraction of sp³-hybridized carbons (Fsp3) is 0.375. The number of hydrogen-bond donors (Lipinski definition) is 4. The summed E-state index contributed by atoms with van der Waals surface area (Å²) in [7, 11) is 1.17. The Morgan fingerprint density at radius 3 is 2.34 bits per heavy atom. The highest BCUT2D eigenvalue weighted by Crippen LogP contribution is 2.57. The van der Waals surface area contributed by atoms with Gasteiger partial charge in [0.1, 0.15) is 40.0 Å². The molecule has 0 radical (unpaired) electrons. The summed E-state index contributed by atoms with van der Waals surface area (Å²) in [5.74, 6) is -5.41. The molecule has 0 fully saturated rings. The number of esters is 1. The second kappa shape index (κ2) is 8.90. The molecule has 3 rings (SSSR count). The van der Waals surface area contributed by atoms with Crippen LogP contribution in [0.15, 0.2) is 23.1 Å². The normalized spacial score (nSPS) is 20.8. The van der Waals surface area contributed by atoms with Crippen molar-refractivity contribution in [3.8, 4) is 17.2 Å². The zero-order valence-electron chi connectivity index (χ0n) is 19.8. The molecular formula is C24H25NO10. The van der Waals surface area contributed by atoms with Crippen molar-refractivity contribution in [2.24, 2.45) is 0 Å². The predicted octanol–water partition coefficient (Wildman–Crippen LogP) is 1.56. The smallest absolute Gasteiger partial charge is 0.326 e. The fourth-order valence-corrected chi connectivity index (χ4v) is 4.32. The van der Waals surface area contributed by atoms with Crippen molar-refractivity contribution in [1.29, 1.82) is 0 Å². The number of nitrogens with one attached hydrogen (secondary N) is 1. The highest BCUT2D eigenvalue weighted by atomic mass is 16.5. The molecule has 1 heterocycles. The van der Waals surface area contributed by atoms with Crippen molar-refractivity contribution >= 4 is 29.3 Å². The lowest BCUT2D eigenvalue weighted by molar-refractivity contribution is -0.142. The molecule has 1 aromatic rings. The molecule has 2 unspecified atom stereocenters. The van der Waals surface area contributed by atoms with Crippen molar-refractivity contribution < 1.29 is 48.8 Å². The number of allylic oxidation sites excluding steroid dienone is 4. The number of aliphatic carboxylic acids is 1. The number of Topliss-reactive ketones (excluding diaryl/α,β-unsaturated/α-hetero) is 2. The Bertz CT molecular complexity index is 1260. The molecule has 4 N–H and O–H groups in total. The molecule has 0 spiro atoms. The Morgan fingerprint density at radius 2 is 1.80 bits per heavy atom. The third kappa shape index (κ3) is 3.92. The van der Waals surface area contributed by atoms with E-state index >= 15 is 0 Å². The molecule has 0 amide bonds. The van der Waals surface area contributed by atoms with Crippen LogP contribution in [0.25, 0.3) is 0 Å². The lowest BCUT2D eigenvalue weighted by Crippen LogP contribution is -2.43. The SMILES string of the molecule is COC(=O)CCC(N/C(C)=C1\C(=O)C=C2Oc3c(C(C)=O)c(O)c(C)c(O)c3C2(C)C1=O)C(=O)O. The van der Waals surface area contributed by atoms with E-state index in [0.717, 1.165) is 6.08 Å². The summed E-state index contributed by atoms with van der Waals surface area (Å²) in [6.07, 6.45) is 0.654. The van der Waals surface area contributed by atoms with Gasteiger partial charge in [0.25, 0.3) is 0 Å². The van der Waals surface area contributed by atoms with Crippen molar-refractivity contribution in [1.82, 2.24) is 5.32 Å². The van der Waals surface area contributed by atoms with Crippen molar-refractivity contribution in [3.05, 3.63) is 39.8 Å². The number of carbonyl (C=O) groups is 5. The van der Waals surface area contributed by atoms with Gasteiger partial charge >= 0.3 is 11.9 Å². The van der Waals surface area contributed by atoms with Gasteiger partial charge in [0.15, 0.2) is 17.3 Å². The van der Waals surface area contributed by atoms with E-state index in [9.17, 15) is 39.3 Å². The first-order valence-electron chi connectivity index (χ1n) is 10.6. The van der Waals surface area contributed by atoms with Crippen LogP contribution in [0, 0.1) is 6.92 Å². The minimum atomic E-state index is -1.72. The van der Waals surface area contributed by atoms with E-state index in [1.54, 1.807) is 0 Å². The summed E-state index contributed by atoms with van der Waals surface area (Å²) >= 11 is 0. The summed E-state index contributed by atoms with van der Waals surface area (Å²) in [6, 6.07) is -1.30. The van der Waals surface area contributed by atoms with Crippen LogP contribution in [0.1, 0.15) is 55.1 Å². The van der Waals surface area contributed by atoms with Crippen LogP contribution in [-0.4, -0.2) is 57.8 Å². The van der Waals surface area contributed by atoms with E-state index in [1.165, 1.54) is 34.8 Å². The van der Waals surface area contributed by atoms with Crippen LogP contribution >= 0.6 is 0 Å². The van der Waals surface area contributed by atoms with Gasteiger partial charge in [-0.1, -0.05) is 0 Å². The van der Waals surface area contributed by atoms with Crippen LogP contribution in [0.5, 0.6) is 17.2 Å². The Hall–Kier alpha value is -4.15. The largest absolute Gasteiger partial charge is 0.507 e. The molecule has 0 bridgehead atoms. The number of carboxylic acids is 1. The number of carboxylic acid groups (broad SMARTS) is 1. The number of ether oxygens (including phenoxy) is 2. The van der Waals surface area contributed by atoms with Gasteiger partial charge in [0.2, 0.25) is 0 Å². The standard InChI is InChI=1S/C24H25NO10/c1-9-19(29)17(11(3)26)21-18(20(9)30)24(4)14(35-21)8-13(27)16(22(24)31)10(2)25-12(23(32)33)6-7-15(28)34-5/h8,12,25,29-30H,6-7H2,1-5H3,(H,32,33)/b16-10+. The molecular weight excluding hydrogens is 462 g/mol. The molecule has 0 saturated heterocycles. The zero-order chi connectivity index (χ0) is 26.4. The lowest BCUT2D eigenvalue weighted by Gasteiger charge is -2.29. The summed E-state index contributed by atoms with van der Waals surface area (Å²) in [4.78, 5) is 62.0. The van der Waals surface area contributed by atoms with Gasteiger partial charge < -0.3 is 30.1 Å². The number of ketones is 3. The third-order valence-corrected chi connectivity index (χ3v) is 6.31. The van der Waals surface area contributed by atoms with Gasteiger partial charge in [0, 0.05) is 23.8 Å². The predicted molar refractivity (Wildman–Crippen MR) is 119 cm³/mol. The molecule has 2 aliphatic rings. The molecule has 0 saturated carbocycles. The lowest BCUT2D eigenvalue weighted by atomic mass is 9.70. The van der Waals surface area contributed by atoms with Gasteiger partial charge in [-0.25, -0.2) is 4.79 Å². The average molecular weight is 487 g/mol. The van der Waals surface area contributed by atoms with Crippen molar-refractivity contribution in [2.75, 3.05) is 7.11 Å². The first-order chi connectivity index (χ1) is 16.3. The first kappa shape index (κ1) is 25.5. The van der Waals surface area contributed by atoms with E-state index in [-0.39, 0.29) is 52.3 Å². The van der Waals surface area contributed by atoms with Gasteiger partial charge in [-0.3, -0.25) is 19.2 Å². The molecule has 11 heteroatoms. The molecule has 186 valence electrons. The van der Waals surface area contributed by atoms with Crippen LogP contribution in [0.4, 0.5) is 0 Å². The second-order valence-corrected chi connectivity index (χ2v) is 8.54. The third-order valence-electron chi connectivity index (χ3n) is 6.31. The summed E-state index contributed by atoms with van der Waals surface area (Å²) in [5.41, 5.74) is -2.50. The Balaban J connectivity index is 2.13. The van der Waals surface area contributed by atoms with Crippen LogP contribution in [0.3, 0.4) is 0 Å². The van der Waals surface area contributed by atoms with Crippen molar-refractivity contribution in [2.45, 2.75) is 52.0 Å². The summed E-state index contributed by atoms with van der Waals surface area (Å²) in [6.45, 7) is 5.30. The van der Waals surface area contributed by atoms with E-state index in [0.29, 0.717) is 0 Å². The molecule has 1 aliphatic heterocycles. The summed E-state index contributed by atoms with van der Waals surface area (Å²) < 4.78 is 10.2. The number of carbonyl (C=O) groups excluding carboxylic acids is 4. The number of aromatic hydroxyl groups is 2. The maximum Gasteiger partial charge on any atom is 0.326 e. The van der Waals surface area contributed by atoms with E-state index in [2.05, 4.69) is 10.1 Å². The number of hydrogen-bond acceptors (Lipinski definition) is 10. The molecule has 1 aromatic carbocycles. The Labute approximate surface area is 200 Å². The second-order valence-electron chi connectivity index (χ2n) is 8.54. The summed E-state index contributed by atoms with van der Waals surface area (Å²) in [5, 5.41) is 33.4. The van der Waals surface area contributed by atoms with Crippen LogP contribution in [0.2, 0.25) is 0 Å². The first-order valence-corrected chi connectivity index (χ1v) is 10.6. The maximum absolute atomic E-state index is 13.7. The number of rotatable bonds is 7. The molecule has 1 aliphatic carbocycles. The minimum absolute atomic E-state index is 0.0427. The maximum atomic E-state index is 13.7. The number of phenols is 2. The van der Waals surface area contributed by atoms with Gasteiger partial charge in [-0.15, -0.1) is 0 Å². The van der Waals surface area contributed by atoms with E-state index in [4.69, 9.17) is 4.74 Å². The highest BCUT2D eigenvalue weighted by Gasteiger charge is 2.56. The average Bonchev–Trinajstić information content (AvgIpc) is 3.07. The number of benzene rings is 1. The highest BCUT2D eigenvalue weighted by molar-refractivity contribution is 6.31. The number of fused-ring (bicyclic) bond motifs is 3.